The number of aryl methyl sites for hydroxylation is 1. The zero-order valence-electron chi connectivity index (χ0n) is 18.5. The number of nitrogens with one attached hydrogen (secondary N) is 1. The van der Waals surface area contributed by atoms with E-state index < -0.39 is 11.3 Å². The number of primary amides is 1. The van der Waals surface area contributed by atoms with E-state index in [1.165, 1.54) is 6.20 Å². The van der Waals surface area contributed by atoms with Crippen LogP contribution < -0.4 is 11.1 Å². The van der Waals surface area contributed by atoms with Gasteiger partial charge in [0.2, 0.25) is 5.91 Å². The van der Waals surface area contributed by atoms with Crippen LogP contribution in [0.25, 0.3) is 16.8 Å². The fraction of sp³-hybridized carbons (Fsp3) is 0.435. The quantitative estimate of drug-likeness (QED) is 0.590. The van der Waals surface area contributed by atoms with Gasteiger partial charge in [-0.05, 0) is 38.2 Å². The van der Waals surface area contributed by atoms with Crippen LogP contribution in [0.3, 0.4) is 0 Å². The van der Waals surface area contributed by atoms with Crippen LogP contribution >= 0.6 is 0 Å². The number of nitrogens with zero attached hydrogens (tertiary/aromatic N) is 5. The summed E-state index contributed by atoms with van der Waals surface area (Å²) in [5.74, 6) is 0.0863. The van der Waals surface area contributed by atoms with Gasteiger partial charge in [-0.1, -0.05) is 12.1 Å². The van der Waals surface area contributed by atoms with Crippen molar-refractivity contribution in [3.8, 4) is 17.4 Å². The average molecular weight is 447 g/mol. The molecule has 3 aromatic rings. The second-order valence-electron chi connectivity index (χ2n) is 9.01. The highest BCUT2D eigenvalue weighted by molar-refractivity contribution is 6.02. The molecule has 33 heavy (non-hydrogen) atoms. The van der Waals surface area contributed by atoms with Gasteiger partial charge >= 0.3 is 0 Å². The largest absolute Gasteiger partial charge is 0.378 e. The average Bonchev–Trinajstić information content (AvgIpc) is 3.11. The smallest absolute Gasteiger partial charge is 0.252 e. The molecule has 0 radical (unpaired) electrons. The molecule has 3 aromatic heterocycles. The van der Waals surface area contributed by atoms with E-state index in [9.17, 15) is 14.9 Å². The Morgan fingerprint density at radius 1 is 1.36 bits per heavy atom. The monoisotopic (exact) mass is 447 g/mol. The number of hydrogen-bond acceptors (Lipinski definition) is 7. The van der Waals surface area contributed by atoms with E-state index in [0.29, 0.717) is 42.9 Å². The Bertz CT molecular complexity index is 1300. The van der Waals surface area contributed by atoms with Crippen molar-refractivity contribution in [3.63, 3.8) is 0 Å². The van der Waals surface area contributed by atoms with Crippen molar-refractivity contribution in [2.24, 2.45) is 17.1 Å². The van der Waals surface area contributed by atoms with Crippen molar-refractivity contribution < 1.29 is 14.1 Å². The molecule has 10 heteroatoms. The summed E-state index contributed by atoms with van der Waals surface area (Å²) in [6.07, 6.45) is 5.34. The maximum absolute atomic E-state index is 12.9. The van der Waals surface area contributed by atoms with Crippen LogP contribution in [0.2, 0.25) is 0 Å². The number of nitrogens with two attached hydrogens (primary N) is 1. The van der Waals surface area contributed by atoms with Crippen LogP contribution in [0.4, 0.5) is 5.69 Å². The molecule has 170 valence electrons. The molecule has 1 saturated heterocycles. The van der Waals surface area contributed by atoms with Crippen molar-refractivity contribution in [2.75, 3.05) is 18.4 Å². The third-order valence-electron chi connectivity index (χ3n) is 6.77. The number of anilines is 1. The summed E-state index contributed by atoms with van der Waals surface area (Å²) in [6, 6.07) is 5.80. The number of fused-ring (bicyclic) bond motifs is 1. The summed E-state index contributed by atoms with van der Waals surface area (Å²) in [7, 11) is 0. The van der Waals surface area contributed by atoms with E-state index in [1.54, 1.807) is 15.6 Å². The van der Waals surface area contributed by atoms with Gasteiger partial charge in [0, 0.05) is 37.0 Å². The summed E-state index contributed by atoms with van der Waals surface area (Å²) < 4.78 is 7.04. The van der Waals surface area contributed by atoms with E-state index >= 15 is 0 Å². The number of hydrogen-bond donors (Lipinski definition) is 2. The number of carbonyl (C=O) groups excluding carboxylic acids is 2. The Labute approximate surface area is 190 Å². The molecular formula is C23H25N7O3. The molecule has 1 aliphatic carbocycles. The lowest BCUT2D eigenvalue weighted by Gasteiger charge is -2.22. The molecule has 1 saturated carbocycles. The molecule has 2 atom stereocenters. The van der Waals surface area contributed by atoms with Crippen molar-refractivity contribution >= 4 is 23.0 Å². The number of amides is 2. The van der Waals surface area contributed by atoms with Gasteiger partial charge in [0.25, 0.3) is 5.91 Å². The first-order valence-electron chi connectivity index (χ1n) is 11.1. The third kappa shape index (κ3) is 3.50. The van der Waals surface area contributed by atoms with Gasteiger partial charge in [0.05, 0.1) is 34.7 Å². The van der Waals surface area contributed by atoms with Crippen molar-refractivity contribution in [3.05, 3.63) is 35.8 Å². The van der Waals surface area contributed by atoms with Gasteiger partial charge in [0.15, 0.2) is 5.76 Å². The summed E-state index contributed by atoms with van der Waals surface area (Å²) >= 11 is 0. The zero-order valence-corrected chi connectivity index (χ0v) is 18.5. The standard InChI is InChI=1S/C23H25N7O3/c1-3-14-9-29(22(32)23(12-24)4-5-23)11-17(14)27-20-16(21(25)31)8-26-30-10-15(7-18(20)30)19-6-13(2)28-33-19/h6-8,10,14,17,27H,3-5,9,11H2,1-2H3,(H2,25,31)/t14-,17+/m0/s1. The van der Waals surface area contributed by atoms with Crippen LogP contribution in [0.1, 0.15) is 42.2 Å². The normalized spacial score (nSPS) is 21.2. The van der Waals surface area contributed by atoms with E-state index in [2.05, 4.69) is 28.6 Å². The van der Waals surface area contributed by atoms with E-state index in [1.807, 2.05) is 19.1 Å². The fourth-order valence-electron chi connectivity index (χ4n) is 4.63. The first-order chi connectivity index (χ1) is 15.8. The predicted molar refractivity (Wildman–Crippen MR) is 119 cm³/mol. The number of rotatable bonds is 6. The highest BCUT2D eigenvalue weighted by Gasteiger charge is 2.54. The molecule has 4 heterocycles. The van der Waals surface area contributed by atoms with Gasteiger partial charge in [-0.2, -0.15) is 10.4 Å². The number of likely N-dealkylation sites (tertiary alicyclic amines) is 1. The Kier molecular flexibility index (Phi) is 4.85. The fourth-order valence-corrected chi connectivity index (χ4v) is 4.63. The van der Waals surface area contributed by atoms with Gasteiger partial charge in [-0.3, -0.25) is 9.59 Å². The molecule has 3 N–H and O–H groups in total. The summed E-state index contributed by atoms with van der Waals surface area (Å²) in [5.41, 5.74) is 7.87. The Morgan fingerprint density at radius 3 is 2.76 bits per heavy atom. The van der Waals surface area contributed by atoms with Gasteiger partial charge in [-0.15, -0.1) is 0 Å². The summed E-state index contributed by atoms with van der Waals surface area (Å²) in [5, 5.41) is 21.2. The highest BCUT2D eigenvalue weighted by atomic mass is 16.5. The third-order valence-corrected chi connectivity index (χ3v) is 6.77. The molecular weight excluding hydrogens is 422 g/mol. The first-order valence-corrected chi connectivity index (χ1v) is 11.1. The minimum Gasteiger partial charge on any atom is -0.378 e. The lowest BCUT2D eigenvalue weighted by atomic mass is 10.00. The second kappa shape index (κ2) is 7.62. The highest BCUT2D eigenvalue weighted by Crippen LogP contribution is 2.47. The van der Waals surface area contributed by atoms with Crippen LogP contribution in [0, 0.1) is 29.6 Å². The topological polar surface area (TPSA) is 143 Å². The lowest BCUT2D eigenvalue weighted by Crippen LogP contribution is -2.36. The van der Waals surface area contributed by atoms with E-state index in [-0.39, 0.29) is 23.4 Å². The van der Waals surface area contributed by atoms with Crippen LogP contribution in [-0.4, -0.2) is 50.6 Å². The van der Waals surface area contributed by atoms with E-state index in [0.717, 1.165) is 17.7 Å². The molecule has 0 spiro atoms. The van der Waals surface area contributed by atoms with E-state index in [4.69, 9.17) is 10.3 Å². The molecule has 0 unspecified atom stereocenters. The van der Waals surface area contributed by atoms with Gasteiger partial charge in [-0.25, -0.2) is 4.52 Å². The molecule has 1 aliphatic heterocycles. The summed E-state index contributed by atoms with van der Waals surface area (Å²) in [6.45, 7) is 4.95. The van der Waals surface area contributed by atoms with Gasteiger partial charge in [0.1, 0.15) is 5.41 Å². The summed E-state index contributed by atoms with van der Waals surface area (Å²) in [4.78, 5) is 26.9. The molecule has 5 rings (SSSR count). The van der Waals surface area contributed by atoms with Crippen molar-refractivity contribution in [1.29, 1.82) is 5.26 Å². The second-order valence-corrected chi connectivity index (χ2v) is 9.01. The lowest BCUT2D eigenvalue weighted by molar-refractivity contribution is -0.134. The number of aromatic nitrogens is 3. The minimum absolute atomic E-state index is 0.0894. The minimum atomic E-state index is -0.846. The van der Waals surface area contributed by atoms with Gasteiger partial charge < -0.3 is 20.5 Å². The molecule has 2 amide bonds. The van der Waals surface area contributed by atoms with Crippen molar-refractivity contribution in [2.45, 2.75) is 39.2 Å². The predicted octanol–water partition coefficient (Wildman–Crippen LogP) is 2.35. The Hall–Kier alpha value is -3.87. The van der Waals surface area contributed by atoms with Crippen LogP contribution in [-0.2, 0) is 4.79 Å². The maximum atomic E-state index is 12.9. The molecule has 0 aromatic carbocycles. The zero-order chi connectivity index (χ0) is 23.3. The Morgan fingerprint density at radius 2 is 2.15 bits per heavy atom. The molecule has 10 nitrogen and oxygen atoms in total. The SMILES string of the molecule is CC[C@H]1CN(C(=O)C2(C#N)CC2)C[C@H]1Nc1c(C(N)=O)cnn2cc(-c3cc(C)no3)cc12. The van der Waals surface area contributed by atoms with Crippen molar-refractivity contribution in [1.82, 2.24) is 19.7 Å². The molecule has 2 fully saturated rings. The van der Waals surface area contributed by atoms with Crippen LogP contribution in [0.5, 0.6) is 0 Å². The van der Waals surface area contributed by atoms with Crippen LogP contribution in [0.15, 0.2) is 29.0 Å². The maximum Gasteiger partial charge on any atom is 0.252 e. The number of carbonyl (C=O) groups is 2. The molecule has 2 aliphatic rings. The number of nitriles is 1. The first kappa shape index (κ1) is 21.0. The molecule has 0 bridgehead atoms. The Balaban J connectivity index is 1.49.